The molecule has 5 heteroatoms. The van der Waals surface area contributed by atoms with Crippen LogP contribution in [-0.4, -0.2) is 22.4 Å². The maximum absolute atomic E-state index is 12.5. The van der Waals surface area contributed by atoms with Gasteiger partial charge < -0.3 is 9.47 Å². The molecule has 0 unspecified atom stereocenters. The van der Waals surface area contributed by atoms with Gasteiger partial charge >= 0.3 is 0 Å². The van der Waals surface area contributed by atoms with E-state index in [0.29, 0.717) is 22.5 Å². The molecule has 0 fully saturated rings. The van der Waals surface area contributed by atoms with Crippen LogP contribution >= 0.6 is 11.6 Å². The van der Waals surface area contributed by atoms with Crippen LogP contribution in [0, 0.1) is 0 Å². The quantitative estimate of drug-likeness (QED) is 0.731. The van der Waals surface area contributed by atoms with Crippen molar-refractivity contribution in [2.75, 3.05) is 7.05 Å². The molecular formula is C19H17ClN2O2. The summed E-state index contributed by atoms with van der Waals surface area (Å²) in [6.45, 7) is 0.714. The third kappa shape index (κ3) is 3.49. The third-order valence-electron chi connectivity index (χ3n) is 3.93. The molecule has 0 aliphatic heterocycles. The zero-order valence-corrected chi connectivity index (χ0v) is 14.0. The second-order valence-corrected chi connectivity index (χ2v) is 6.14. The summed E-state index contributed by atoms with van der Waals surface area (Å²) in [5.41, 5.74) is 1.67. The van der Waals surface area contributed by atoms with E-state index in [9.17, 15) is 9.59 Å². The van der Waals surface area contributed by atoms with Crippen molar-refractivity contribution in [2.45, 2.75) is 13.1 Å². The highest BCUT2D eigenvalue weighted by Gasteiger charge is 2.12. The van der Waals surface area contributed by atoms with Gasteiger partial charge in [0, 0.05) is 36.3 Å². The van der Waals surface area contributed by atoms with Crippen molar-refractivity contribution < 1.29 is 4.79 Å². The SMILES string of the molecule is CN(Cc1ccccc1)C(=O)Cn1ccc(=O)c2cc(Cl)ccc21. The molecule has 1 aromatic heterocycles. The summed E-state index contributed by atoms with van der Waals surface area (Å²) in [4.78, 5) is 26.2. The summed E-state index contributed by atoms with van der Waals surface area (Å²) in [5, 5.41) is 1.02. The largest absolute Gasteiger partial charge is 0.340 e. The molecule has 24 heavy (non-hydrogen) atoms. The molecule has 0 radical (unpaired) electrons. The van der Waals surface area contributed by atoms with Crippen molar-refractivity contribution in [3.8, 4) is 0 Å². The minimum Gasteiger partial charge on any atom is -0.340 e. The Hall–Kier alpha value is -2.59. The van der Waals surface area contributed by atoms with E-state index in [-0.39, 0.29) is 17.9 Å². The number of benzene rings is 2. The Balaban J connectivity index is 1.83. The minimum atomic E-state index is -0.103. The fourth-order valence-corrected chi connectivity index (χ4v) is 2.81. The standard InChI is InChI=1S/C19H17ClN2O2/c1-21(12-14-5-3-2-4-6-14)19(24)13-22-10-9-18(23)16-11-15(20)7-8-17(16)22/h2-11H,12-13H2,1H3. The summed E-state index contributed by atoms with van der Waals surface area (Å²) in [7, 11) is 1.77. The van der Waals surface area contributed by atoms with Gasteiger partial charge in [-0.15, -0.1) is 0 Å². The first-order valence-corrected chi connectivity index (χ1v) is 7.99. The van der Waals surface area contributed by atoms with Crippen molar-refractivity contribution in [1.29, 1.82) is 0 Å². The van der Waals surface area contributed by atoms with Gasteiger partial charge in [-0.3, -0.25) is 9.59 Å². The second kappa shape index (κ2) is 6.89. The molecule has 3 rings (SSSR count). The van der Waals surface area contributed by atoms with Gasteiger partial charge in [0.25, 0.3) is 0 Å². The smallest absolute Gasteiger partial charge is 0.242 e. The van der Waals surface area contributed by atoms with Gasteiger partial charge in [-0.1, -0.05) is 41.9 Å². The van der Waals surface area contributed by atoms with Crippen LogP contribution < -0.4 is 5.43 Å². The molecule has 1 amide bonds. The van der Waals surface area contributed by atoms with E-state index >= 15 is 0 Å². The molecule has 0 N–H and O–H groups in total. The molecule has 122 valence electrons. The van der Waals surface area contributed by atoms with E-state index in [1.807, 2.05) is 30.3 Å². The molecule has 4 nitrogen and oxygen atoms in total. The Morgan fingerprint density at radius 1 is 1.12 bits per heavy atom. The minimum absolute atomic E-state index is 0.0289. The molecule has 0 saturated heterocycles. The molecule has 3 aromatic rings. The Bertz CT molecular complexity index is 935. The number of aromatic nitrogens is 1. The van der Waals surface area contributed by atoms with E-state index in [1.165, 1.54) is 6.07 Å². The number of nitrogens with zero attached hydrogens (tertiary/aromatic N) is 2. The highest BCUT2D eigenvalue weighted by atomic mass is 35.5. The number of likely N-dealkylation sites (N-methyl/N-ethyl adjacent to an activating group) is 1. The molecule has 0 spiro atoms. The van der Waals surface area contributed by atoms with Gasteiger partial charge in [0.15, 0.2) is 5.43 Å². The Kier molecular flexibility index (Phi) is 4.67. The van der Waals surface area contributed by atoms with Gasteiger partial charge in [0.2, 0.25) is 5.91 Å². The van der Waals surface area contributed by atoms with Crippen molar-refractivity contribution >= 4 is 28.4 Å². The van der Waals surface area contributed by atoms with E-state index in [4.69, 9.17) is 11.6 Å². The number of rotatable bonds is 4. The lowest BCUT2D eigenvalue weighted by molar-refractivity contribution is -0.131. The maximum atomic E-state index is 12.5. The van der Waals surface area contributed by atoms with Crippen LogP contribution in [-0.2, 0) is 17.9 Å². The van der Waals surface area contributed by atoms with Crippen LogP contribution in [0.4, 0.5) is 0 Å². The number of pyridine rings is 1. The van der Waals surface area contributed by atoms with E-state index < -0.39 is 0 Å². The summed E-state index contributed by atoms with van der Waals surface area (Å²) in [6.07, 6.45) is 1.65. The first-order chi connectivity index (χ1) is 11.5. The summed E-state index contributed by atoms with van der Waals surface area (Å²) in [5.74, 6) is -0.0289. The summed E-state index contributed by atoms with van der Waals surface area (Å²) in [6, 6.07) is 16.4. The van der Waals surface area contributed by atoms with E-state index in [1.54, 1.807) is 40.9 Å². The number of hydrogen-bond donors (Lipinski definition) is 0. The highest BCUT2D eigenvalue weighted by molar-refractivity contribution is 6.31. The van der Waals surface area contributed by atoms with E-state index in [2.05, 4.69) is 0 Å². The van der Waals surface area contributed by atoms with E-state index in [0.717, 1.165) is 5.56 Å². The lowest BCUT2D eigenvalue weighted by Gasteiger charge is -2.19. The first kappa shape index (κ1) is 16.3. The summed E-state index contributed by atoms with van der Waals surface area (Å²) >= 11 is 5.97. The van der Waals surface area contributed by atoms with Crippen molar-refractivity contribution in [3.05, 3.63) is 81.6 Å². The highest BCUT2D eigenvalue weighted by Crippen LogP contribution is 2.16. The Labute approximate surface area is 144 Å². The molecular weight excluding hydrogens is 324 g/mol. The first-order valence-electron chi connectivity index (χ1n) is 7.61. The van der Waals surface area contributed by atoms with Crippen molar-refractivity contribution in [3.63, 3.8) is 0 Å². The normalized spacial score (nSPS) is 10.8. The molecule has 0 aliphatic rings. The van der Waals surface area contributed by atoms with Crippen LogP contribution in [0.25, 0.3) is 10.9 Å². The lowest BCUT2D eigenvalue weighted by atomic mass is 10.2. The van der Waals surface area contributed by atoms with Gasteiger partial charge in [0.1, 0.15) is 6.54 Å². The van der Waals surface area contributed by atoms with Gasteiger partial charge in [-0.05, 0) is 23.8 Å². The second-order valence-electron chi connectivity index (χ2n) is 5.70. The molecule has 0 aliphatic carbocycles. The van der Waals surface area contributed by atoms with Gasteiger partial charge in [0.05, 0.1) is 5.52 Å². The van der Waals surface area contributed by atoms with Crippen molar-refractivity contribution in [1.82, 2.24) is 9.47 Å². The van der Waals surface area contributed by atoms with Crippen molar-refractivity contribution in [2.24, 2.45) is 0 Å². The zero-order valence-electron chi connectivity index (χ0n) is 13.3. The monoisotopic (exact) mass is 340 g/mol. The van der Waals surface area contributed by atoms with Crippen LogP contribution in [0.15, 0.2) is 65.6 Å². The van der Waals surface area contributed by atoms with Crippen LogP contribution in [0.3, 0.4) is 0 Å². The third-order valence-corrected chi connectivity index (χ3v) is 4.17. The number of carbonyl (C=O) groups excluding carboxylic acids is 1. The average Bonchev–Trinajstić information content (AvgIpc) is 2.58. The Morgan fingerprint density at radius 2 is 1.88 bits per heavy atom. The average molecular weight is 341 g/mol. The number of amides is 1. The molecule has 2 aromatic carbocycles. The fourth-order valence-electron chi connectivity index (χ4n) is 2.63. The topological polar surface area (TPSA) is 42.3 Å². The number of carbonyl (C=O) groups is 1. The predicted octanol–water partition coefficient (Wildman–Crippen LogP) is 3.31. The number of hydrogen-bond acceptors (Lipinski definition) is 2. The maximum Gasteiger partial charge on any atom is 0.242 e. The number of fused-ring (bicyclic) bond motifs is 1. The molecule has 0 saturated carbocycles. The van der Waals surface area contributed by atoms with Crippen LogP contribution in [0.5, 0.6) is 0 Å². The summed E-state index contributed by atoms with van der Waals surface area (Å²) < 4.78 is 1.77. The Morgan fingerprint density at radius 3 is 2.62 bits per heavy atom. The number of halogens is 1. The predicted molar refractivity (Wildman–Crippen MR) is 96.1 cm³/mol. The van der Waals surface area contributed by atoms with Gasteiger partial charge in [-0.25, -0.2) is 0 Å². The zero-order chi connectivity index (χ0) is 17.1. The van der Waals surface area contributed by atoms with Crippen LogP contribution in [0.2, 0.25) is 5.02 Å². The molecule has 1 heterocycles. The van der Waals surface area contributed by atoms with Gasteiger partial charge in [-0.2, -0.15) is 0 Å². The molecule has 0 bridgehead atoms. The fraction of sp³-hybridized carbons (Fsp3) is 0.158. The molecule has 0 atom stereocenters. The van der Waals surface area contributed by atoms with Crippen LogP contribution in [0.1, 0.15) is 5.56 Å². The lowest BCUT2D eigenvalue weighted by Crippen LogP contribution is -2.30.